The van der Waals surface area contributed by atoms with Gasteiger partial charge in [-0.25, -0.2) is 4.39 Å². The molecule has 0 spiro atoms. The molecule has 0 heterocycles. The number of halogens is 2. The molecule has 162 valence electrons. The molecule has 1 aliphatic rings. The van der Waals surface area contributed by atoms with Crippen LogP contribution >= 0.6 is 15.9 Å². The van der Waals surface area contributed by atoms with E-state index in [1.54, 1.807) is 21.0 Å². The summed E-state index contributed by atoms with van der Waals surface area (Å²) in [6.07, 6.45) is 6.80. The molecule has 30 heavy (non-hydrogen) atoms. The zero-order chi connectivity index (χ0) is 22.8. The van der Waals surface area contributed by atoms with E-state index in [9.17, 15) is 14.3 Å². The maximum absolute atomic E-state index is 15.0. The molecule has 0 unspecified atom stereocenters. The highest BCUT2D eigenvalue weighted by Gasteiger charge is 2.34. The lowest BCUT2D eigenvalue weighted by molar-refractivity contribution is -0.297. The summed E-state index contributed by atoms with van der Waals surface area (Å²) in [6.45, 7) is 12.0. The Morgan fingerprint density at radius 2 is 1.93 bits per heavy atom. The second-order valence-corrected chi connectivity index (χ2v) is 9.40. The van der Waals surface area contributed by atoms with Gasteiger partial charge in [0.05, 0.1) is 17.6 Å². The number of benzene rings is 1. The molecule has 1 aromatic rings. The average molecular weight is 476 g/mol. The number of hydrogen-bond donors (Lipinski definition) is 0. The van der Waals surface area contributed by atoms with Gasteiger partial charge in [-0.05, 0) is 93.6 Å². The first-order valence-electron chi connectivity index (χ1n) is 9.96. The van der Waals surface area contributed by atoms with Crippen molar-refractivity contribution < 1.29 is 19.0 Å². The van der Waals surface area contributed by atoms with Gasteiger partial charge in [-0.2, -0.15) is 0 Å². The van der Waals surface area contributed by atoms with Crippen LogP contribution < -0.4 is 9.84 Å². The molecular weight excluding hydrogens is 447 g/mol. The summed E-state index contributed by atoms with van der Waals surface area (Å²) < 4.78 is 21.5. The molecule has 0 saturated heterocycles. The lowest BCUT2D eigenvalue weighted by atomic mass is 9.70. The van der Waals surface area contributed by atoms with Gasteiger partial charge in [0, 0.05) is 5.56 Å². The number of allylic oxidation sites excluding steroid dienone is 7. The molecular formula is C25H29BrFO3-. The summed E-state index contributed by atoms with van der Waals surface area (Å²) in [5, 5.41) is 10.7. The van der Waals surface area contributed by atoms with E-state index in [0.717, 1.165) is 22.5 Å². The van der Waals surface area contributed by atoms with E-state index in [1.165, 1.54) is 23.3 Å². The zero-order valence-corrected chi connectivity index (χ0v) is 20.2. The van der Waals surface area contributed by atoms with Crippen LogP contribution in [0, 0.1) is 5.92 Å². The third-order valence-electron chi connectivity index (χ3n) is 5.47. The fourth-order valence-electron chi connectivity index (χ4n) is 3.82. The Bertz CT molecular complexity index is 979. The molecule has 0 aliphatic heterocycles. The fraction of sp³-hybridized carbons (Fsp3) is 0.400. The van der Waals surface area contributed by atoms with Crippen LogP contribution in [0.2, 0.25) is 0 Å². The van der Waals surface area contributed by atoms with Crippen LogP contribution in [0.1, 0.15) is 64.7 Å². The van der Waals surface area contributed by atoms with Crippen molar-refractivity contribution in [2.45, 2.75) is 53.4 Å². The average Bonchev–Trinajstić information content (AvgIpc) is 2.63. The SMILES string of the molecule is COc1c(\C(C)=C(F)/C=C/C(C)=C/C(=O)[O-])cc2c(c1Br)C(C)(C)CC=C2C(C)C. The molecule has 5 heteroatoms. The van der Waals surface area contributed by atoms with E-state index < -0.39 is 11.8 Å². The van der Waals surface area contributed by atoms with Crippen molar-refractivity contribution in [3.63, 3.8) is 0 Å². The van der Waals surface area contributed by atoms with Crippen LogP contribution in [0.15, 0.2) is 46.2 Å². The quantitative estimate of drug-likeness (QED) is 0.367. The first-order valence-corrected chi connectivity index (χ1v) is 10.8. The summed E-state index contributed by atoms with van der Waals surface area (Å²) in [7, 11) is 1.58. The molecule has 0 saturated carbocycles. The van der Waals surface area contributed by atoms with E-state index in [4.69, 9.17) is 4.74 Å². The molecule has 0 atom stereocenters. The van der Waals surface area contributed by atoms with Crippen LogP contribution in [0.3, 0.4) is 0 Å². The van der Waals surface area contributed by atoms with Gasteiger partial charge in [-0.3, -0.25) is 0 Å². The molecule has 1 aromatic carbocycles. The second-order valence-electron chi connectivity index (χ2n) is 8.61. The maximum atomic E-state index is 15.0. The van der Waals surface area contributed by atoms with Crippen molar-refractivity contribution >= 4 is 33.0 Å². The van der Waals surface area contributed by atoms with Crippen molar-refractivity contribution in [2.75, 3.05) is 7.11 Å². The topological polar surface area (TPSA) is 49.4 Å². The van der Waals surface area contributed by atoms with Gasteiger partial charge in [0.15, 0.2) is 0 Å². The number of carbonyl (C=O) groups is 1. The summed E-state index contributed by atoms with van der Waals surface area (Å²) in [5.74, 6) is -0.847. The molecule has 0 amide bonds. The van der Waals surface area contributed by atoms with Crippen LogP contribution in [-0.2, 0) is 10.2 Å². The van der Waals surface area contributed by atoms with Gasteiger partial charge in [-0.1, -0.05) is 39.8 Å². The van der Waals surface area contributed by atoms with Gasteiger partial charge in [0.2, 0.25) is 0 Å². The number of carboxylic acids is 1. The summed E-state index contributed by atoms with van der Waals surface area (Å²) in [5.41, 5.74) is 4.91. The molecule has 0 aromatic heterocycles. The van der Waals surface area contributed by atoms with Crippen LogP contribution in [0.5, 0.6) is 5.75 Å². The number of rotatable bonds is 6. The minimum Gasteiger partial charge on any atom is -0.545 e. The Morgan fingerprint density at radius 3 is 2.47 bits per heavy atom. The second kappa shape index (κ2) is 9.34. The third kappa shape index (κ3) is 4.94. The van der Waals surface area contributed by atoms with Gasteiger partial charge in [0.1, 0.15) is 11.6 Å². The standard InChI is InChI=1S/C25H30BrFO3/c1-14(2)17-10-11-25(5,6)22-19(17)13-18(24(30-7)23(22)26)16(4)20(27)9-8-15(3)12-21(28)29/h8-10,12-14H,11H2,1-7H3,(H,28,29)/p-1/b9-8+,15-12+,20-16+. The number of aliphatic carboxylic acids is 1. The third-order valence-corrected chi connectivity index (χ3v) is 6.22. The maximum Gasteiger partial charge on any atom is 0.140 e. The smallest absolute Gasteiger partial charge is 0.140 e. The Hall–Kier alpha value is -2.14. The fourth-order valence-corrected chi connectivity index (χ4v) is 4.94. The lowest BCUT2D eigenvalue weighted by Crippen LogP contribution is -2.24. The Labute approximate surface area is 187 Å². The molecule has 2 rings (SSSR count). The number of carboxylic acid groups (broad SMARTS) is 1. The van der Waals surface area contributed by atoms with Crippen molar-refractivity contribution in [1.29, 1.82) is 0 Å². The Morgan fingerprint density at radius 1 is 1.30 bits per heavy atom. The number of carbonyl (C=O) groups excluding carboxylic acids is 1. The lowest BCUT2D eigenvalue weighted by Gasteiger charge is -2.35. The van der Waals surface area contributed by atoms with E-state index in [2.05, 4.69) is 49.7 Å². The minimum atomic E-state index is -1.31. The Balaban J connectivity index is 2.71. The van der Waals surface area contributed by atoms with E-state index in [-0.39, 0.29) is 5.41 Å². The van der Waals surface area contributed by atoms with Gasteiger partial charge in [0.25, 0.3) is 0 Å². The normalized spacial score (nSPS) is 17.0. The first-order chi connectivity index (χ1) is 13.9. The largest absolute Gasteiger partial charge is 0.545 e. The Kier molecular flexibility index (Phi) is 7.51. The predicted octanol–water partition coefficient (Wildman–Crippen LogP) is 6.13. The van der Waals surface area contributed by atoms with Crippen LogP contribution in [0.25, 0.3) is 11.1 Å². The summed E-state index contributed by atoms with van der Waals surface area (Å²) in [6, 6.07) is 2.01. The minimum absolute atomic E-state index is 0.0821. The van der Waals surface area contributed by atoms with E-state index in [1.807, 2.05) is 6.07 Å². The first kappa shape index (κ1) is 24.1. The highest BCUT2D eigenvalue weighted by atomic mass is 79.9. The summed E-state index contributed by atoms with van der Waals surface area (Å²) >= 11 is 3.74. The van der Waals surface area contributed by atoms with Crippen LogP contribution in [0.4, 0.5) is 4.39 Å². The van der Waals surface area contributed by atoms with E-state index >= 15 is 0 Å². The van der Waals surface area contributed by atoms with Crippen molar-refractivity contribution in [3.05, 3.63) is 62.9 Å². The molecule has 0 fully saturated rings. The summed E-state index contributed by atoms with van der Waals surface area (Å²) in [4.78, 5) is 10.7. The van der Waals surface area contributed by atoms with Crippen molar-refractivity contribution in [1.82, 2.24) is 0 Å². The molecule has 0 bridgehead atoms. The van der Waals surface area contributed by atoms with Crippen molar-refractivity contribution in [3.8, 4) is 5.75 Å². The zero-order valence-electron chi connectivity index (χ0n) is 18.7. The van der Waals surface area contributed by atoms with E-state index in [0.29, 0.717) is 28.4 Å². The van der Waals surface area contributed by atoms with Crippen LogP contribution in [-0.4, -0.2) is 13.1 Å². The molecule has 1 aliphatic carbocycles. The van der Waals surface area contributed by atoms with Crippen molar-refractivity contribution in [2.24, 2.45) is 5.92 Å². The predicted molar refractivity (Wildman–Crippen MR) is 123 cm³/mol. The van der Waals surface area contributed by atoms with Gasteiger partial charge < -0.3 is 14.6 Å². The van der Waals surface area contributed by atoms with Gasteiger partial charge in [-0.15, -0.1) is 0 Å². The monoisotopic (exact) mass is 475 g/mol. The molecule has 3 nitrogen and oxygen atoms in total. The number of hydrogen-bond acceptors (Lipinski definition) is 3. The highest BCUT2D eigenvalue weighted by molar-refractivity contribution is 9.10. The molecule has 0 radical (unpaired) electrons. The van der Waals surface area contributed by atoms with Gasteiger partial charge >= 0.3 is 0 Å². The number of ether oxygens (including phenoxy) is 1. The molecule has 0 N–H and O–H groups in total. The highest BCUT2D eigenvalue weighted by Crippen LogP contribution is 2.50. The number of fused-ring (bicyclic) bond motifs is 1. The number of methoxy groups -OCH3 is 1.